The molecule has 0 bridgehead atoms. The molecule has 0 aliphatic carbocycles. The molecule has 3 aromatic rings. The van der Waals surface area contributed by atoms with E-state index in [-0.39, 0.29) is 6.61 Å². The van der Waals surface area contributed by atoms with E-state index in [4.69, 9.17) is 14.2 Å². The number of ether oxygens (including phenoxy) is 3. The molecule has 34 heavy (non-hydrogen) atoms. The van der Waals surface area contributed by atoms with E-state index in [1.807, 2.05) is 50.2 Å². The minimum Gasteiger partial charge on any atom is -0.490 e. The third kappa shape index (κ3) is 4.77. The highest BCUT2D eigenvalue weighted by atomic mass is 79.9. The number of nitrogens with one attached hydrogen (secondary N) is 1. The quantitative estimate of drug-likeness (QED) is 0.425. The third-order valence-corrected chi connectivity index (χ3v) is 5.95. The van der Waals surface area contributed by atoms with Gasteiger partial charge >= 0.3 is 5.97 Å². The molecule has 0 fully saturated rings. The summed E-state index contributed by atoms with van der Waals surface area (Å²) in [7, 11) is 0. The summed E-state index contributed by atoms with van der Waals surface area (Å²) >= 11 is 3.64. The number of esters is 1. The van der Waals surface area contributed by atoms with E-state index in [0.717, 1.165) is 11.1 Å². The number of anilines is 1. The Kier molecular flexibility index (Phi) is 7.16. The number of hydrogen-bond donors (Lipinski definition) is 1. The molecule has 1 N–H and O–H groups in total. The molecule has 9 nitrogen and oxygen atoms in total. The molecule has 0 amide bonds. The van der Waals surface area contributed by atoms with Crippen molar-refractivity contribution in [2.24, 2.45) is 0 Å². The number of hydrogen-bond acceptors (Lipinski definition) is 8. The fourth-order valence-electron chi connectivity index (χ4n) is 3.78. The smallest absolute Gasteiger partial charge is 0.338 e. The summed E-state index contributed by atoms with van der Waals surface area (Å²) < 4.78 is 19.7. The van der Waals surface area contributed by atoms with Crippen molar-refractivity contribution in [3.63, 3.8) is 0 Å². The lowest BCUT2D eigenvalue weighted by Gasteiger charge is -2.28. The summed E-state index contributed by atoms with van der Waals surface area (Å²) in [5.41, 5.74) is 4.03. The van der Waals surface area contributed by atoms with Crippen LogP contribution in [-0.2, 0) is 16.1 Å². The van der Waals surface area contributed by atoms with Crippen LogP contribution in [0.4, 0.5) is 5.95 Å². The van der Waals surface area contributed by atoms with E-state index in [2.05, 4.69) is 36.8 Å². The molecule has 2 aromatic carbocycles. The van der Waals surface area contributed by atoms with E-state index in [1.165, 1.54) is 5.56 Å². The van der Waals surface area contributed by atoms with Crippen molar-refractivity contribution in [3.8, 4) is 11.5 Å². The highest BCUT2D eigenvalue weighted by molar-refractivity contribution is 9.10. The molecule has 178 valence electrons. The minimum atomic E-state index is -0.605. The third-order valence-electron chi connectivity index (χ3n) is 5.36. The monoisotopic (exact) mass is 527 g/mol. The second-order valence-electron chi connectivity index (χ2n) is 7.77. The van der Waals surface area contributed by atoms with Crippen LogP contribution in [0.25, 0.3) is 0 Å². The van der Waals surface area contributed by atoms with Crippen molar-refractivity contribution in [3.05, 3.63) is 68.8 Å². The van der Waals surface area contributed by atoms with Crippen molar-refractivity contribution < 1.29 is 19.0 Å². The molecule has 0 spiro atoms. The largest absolute Gasteiger partial charge is 0.490 e. The van der Waals surface area contributed by atoms with Crippen molar-refractivity contribution >= 4 is 27.8 Å². The second kappa shape index (κ2) is 10.3. The number of nitrogens with zero attached hydrogens (tertiary/aromatic N) is 4. The summed E-state index contributed by atoms with van der Waals surface area (Å²) in [5, 5.41) is 15.0. The number of tetrazole rings is 1. The molecule has 4 rings (SSSR count). The number of halogens is 1. The van der Waals surface area contributed by atoms with Crippen LogP contribution in [0.1, 0.15) is 43.5 Å². The summed E-state index contributed by atoms with van der Waals surface area (Å²) in [5.74, 6) is 1.13. The number of aromatic nitrogens is 4. The second-order valence-corrected chi connectivity index (χ2v) is 8.63. The molecule has 1 aromatic heterocycles. The normalized spacial score (nSPS) is 14.9. The van der Waals surface area contributed by atoms with Gasteiger partial charge in [-0.15, -0.1) is 0 Å². The van der Waals surface area contributed by atoms with Crippen LogP contribution in [0.2, 0.25) is 0 Å². The zero-order valence-corrected chi connectivity index (χ0v) is 21.0. The summed E-state index contributed by atoms with van der Waals surface area (Å²) in [4.78, 5) is 12.9. The fourth-order valence-corrected chi connectivity index (χ4v) is 4.36. The van der Waals surface area contributed by atoms with Gasteiger partial charge in [-0.3, -0.25) is 0 Å². The minimum absolute atomic E-state index is 0.254. The van der Waals surface area contributed by atoms with Gasteiger partial charge < -0.3 is 19.5 Å². The summed E-state index contributed by atoms with van der Waals surface area (Å²) in [6, 6.07) is 11.3. The van der Waals surface area contributed by atoms with Crippen LogP contribution in [0.15, 0.2) is 52.1 Å². The van der Waals surface area contributed by atoms with Gasteiger partial charge in [-0.2, -0.15) is 4.68 Å². The lowest BCUT2D eigenvalue weighted by molar-refractivity contribution is -0.139. The van der Waals surface area contributed by atoms with Crippen molar-refractivity contribution in [2.75, 3.05) is 18.5 Å². The van der Waals surface area contributed by atoms with Crippen LogP contribution in [0.3, 0.4) is 0 Å². The van der Waals surface area contributed by atoms with Crippen LogP contribution in [-0.4, -0.2) is 39.4 Å². The molecule has 0 saturated heterocycles. The number of aryl methyl sites for hydroxylation is 1. The highest BCUT2D eigenvalue weighted by Gasteiger charge is 2.35. The van der Waals surface area contributed by atoms with Crippen LogP contribution >= 0.6 is 15.9 Å². The molecular weight excluding hydrogens is 502 g/mol. The van der Waals surface area contributed by atoms with Crippen LogP contribution in [0.5, 0.6) is 11.5 Å². The SMILES string of the molecule is CCOC(=O)C1=C(C)Nc2nnnn2C1c1cc(Br)c(OCc2ccc(C)cc2)c(OCC)c1. The van der Waals surface area contributed by atoms with Gasteiger partial charge in [-0.1, -0.05) is 34.9 Å². The Hall–Kier alpha value is -3.40. The molecule has 2 heterocycles. The highest BCUT2D eigenvalue weighted by Crippen LogP contribution is 2.43. The number of rotatable bonds is 8. The zero-order chi connectivity index (χ0) is 24.2. The maximum Gasteiger partial charge on any atom is 0.338 e. The van der Waals surface area contributed by atoms with Gasteiger partial charge in [0.25, 0.3) is 0 Å². The van der Waals surface area contributed by atoms with Gasteiger partial charge in [-0.05, 0) is 77.3 Å². The number of benzene rings is 2. The topological polar surface area (TPSA) is 100 Å². The number of carbonyl (C=O) groups excluding carboxylic acids is 1. The average Bonchev–Trinajstić information content (AvgIpc) is 3.27. The van der Waals surface area contributed by atoms with Gasteiger partial charge in [-0.25, -0.2) is 4.79 Å². The zero-order valence-electron chi connectivity index (χ0n) is 19.5. The molecule has 1 aliphatic heterocycles. The fraction of sp³-hybridized carbons (Fsp3) is 0.333. The predicted molar refractivity (Wildman–Crippen MR) is 130 cm³/mol. The van der Waals surface area contributed by atoms with E-state index >= 15 is 0 Å². The Bertz CT molecular complexity index is 1220. The maximum atomic E-state index is 12.9. The molecular formula is C24H26BrN5O4. The Balaban J connectivity index is 1.74. The summed E-state index contributed by atoms with van der Waals surface area (Å²) in [6.07, 6.45) is 0. The Labute approximate surface area is 206 Å². The molecule has 0 radical (unpaired) electrons. The van der Waals surface area contributed by atoms with E-state index in [0.29, 0.717) is 46.4 Å². The van der Waals surface area contributed by atoms with Gasteiger partial charge in [0, 0.05) is 5.70 Å². The van der Waals surface area contributed by atoms with Crippen LogP contribution < -0.4 is 14.8 Å². The first kappa shape index (κ1) is 23.7. The Morgan fingerprint density at radius 1 is 1.12 bits per heavy atom. The molecule has 1 atom stereocenters. The lowest BCUT2D eigenvalue weighted by Crippen LogP contribution is -2.29. The van der Waals surface area contributed by atoms with Gasteiger partial charge in [0.2, 0.25) is 5.95 Å². The predicted octanol–water partition coefficient (Wildman–Crippen LogP) is 4.57. The van der Waals surface area contributed by atoms with E-state index in [9.17, 15) is 4.79 Å². The van der Waals surface area contributed by atoms with E-state index < -0.39 is 12.0 Å². The van der Waals surface area contributed by atoms with Gasteiger partial charge in [0.05, 0.1) is 23.3 Å². The van der Waals surface area contributed by atoms with Crippen LogP contribution in [0, 0.1) is 6.92 Å². The molecule has 1 unspecified atom stereocenters. The molecule has 1 aliphatic rings. The molecule has 0 saturated carbocycles. The Morgan fingerprint density at radius 2 is 1.88 bits per heavy atom. The number of carbonyl (C=O) groups is 1. The number of allylic oxidation sites excluding steroid dienone is 1. The van der Waals surface area contributed by atoms with E-state index in [1.54, 1.807) is 18.5 Å². The standard InChI is InChI=1S/C24H26BrN5O4/c1-5-32-19-12-17(11-18(25)22(19)34-13-16-9-7-14(3)8-10-16)21-20(23(31)33-6-2)15(4)26-24-27-28-29-30(21)24/h7-12,21H,5-6,13H2,1-4H3,(H,26,27,29). The van der Waals surface area contributed by atoms with Crippen molar-refractivity contribution in [2.45, 2.75) is 40.3 Å². The lowest BCUT2D eigenvalue weighted by atomic mass is 9.95. The maximum absolute atomic E-state index is 12.9. The molecule has 10 heteroatoms. The van der Waals surface area contributed by atoms with Gasteiger partial charge in [0.1, 0.15) is 12.6 Å². The van der Waals surface area contributed by atoms with Gasteiger partial charge in [0.15, 0.2) is 11.5 Å². The van der Waals surface area contributed by atoms with Crippen molar-refractivity contribution in [1.29, 1.82) is 0 Å². The Morgan fingerprint density at radius 3 is 2.59 bits per heavy atom. The average molecular weight is 528 g/mol. The van der Waals surface area contributed by atoms with Crippen molar-refractivity contribution in [1.82, 2.24) is 20.2 Å². The number of fused-ring (bicyclic) bond motifs is 1. The first-order valence-electron chi connectivity index (χ1n) is 11.0. The first-order chi connectivity index (χ1) is 16.4. The summed E-state index contributed by atoms with van der Waals surface area (Å²) in [6.45, 7) is 8.60. The first-order valence-corrected chi connectivity index (χ1v) is 11.8.